The Balaban J connectivity index is 1.40. The fourth-order valence-corrected chi connectivity index (χ4v) is 5.39. The topological polar surface area (TPSA) is 80.1 Å². The van der Waals surface area contributed by atoms with Crippen LogP contribution in [0, 0.1) is 11.8 Å². The normalized spacial score (nSPS) is 25.8. The first-order valence-electron chi connectivity index (χ1n) is 11.3. The molecule has 3 aromatic rings. The molecule has 0 radical (unpaired) electrons. The lowest BCUT2D eigenvalue weighted by Gasteiger charge is -2.31. The maximum Gasteiger partial charge on any atom is 0.260 e. The first kappa shape index (κ1) is 21.4. The number of imide groups is 1. The maximum absolute atomic E-state index is 13.1. The molecule has 2 amide bonds. The summed E-state index contributed by atoms with van der Waals surface area (Å²) in [6, 6.07) is 15.1. The molecule has 3 aliphatic rings. The van der Waals surface area contributed by atoms with Crippen molar-refractivity contribution in [2.24, 2.45) is 11.8 Å². The first-order chi connectivity index (χ1) is 16.5. The summed E-state index contributed by atoms with van der Waals surface area (Å²) >= 11 is 12.2. The van der Waals surface area contributed by atoms with Gasteiger partial charge in [-0.25, -0.2) is 9.58 Å². The van der Waals surface area contributed by atoms with Gasteiger partial charge in [-0.05, 0) is 54.7 Å². The van der Waals surface area contributed by atoms with Crippen LogP contribution in [0.3, 0.4) is 0 Å². The predicted octanol–water partition coefficient (Wildman–Crippen LogP) is 5.19. The van der Waals surface area contributed by atoms with Crippen molar-refractivity contribution in [1.29, 1.82) is 0 Å². The van der Waals surface area contributed by atoms with Gasteiger partial charge in [0.25, 0.3) is 5.95 Å². The van der Waals surface area contributed by atoms with Gasteiger partial charge in [-0.3, -0.25) is 9.59 Å². The number of hydrogen-bond donors (Lipinski definition) is 1. The monoisotopic (exact) mass is 493 g/mol. The Kier molecular flexibility index (Phi) is 5.19. The summed E-state index contributed by atoms with van der Waals surface area (Å²) in [4.78, 5) is 32.0. The van der Waals surface area contributed by atoms with E-state index in [1.807, 2.05) is 60.7 Å². The number of halogens is 2. The van der Waals surface area contributed by atoms with Crippen LogP contribution in [0.5, 0.6) is 0 Å². The molecule has 4 atom stereocenters. The van der Waals surface area contributed by atoms with Crippen molar-refractivity contribution in [2.75, 3.05) is 10.2 Å². The summed E-state index contributed by atoms with van der Waals surface area (Å²) in [7, 11) is 0. The Labute approximate surface area is 206 Å². The average Bonchev–Trinajstić information content (AvgIpc) is 3.38. The SMILES string of the molecule is O=C1[C@H]2CC=CC[C@@H]2C(=O)N1c1nc2n(n1)[C@H](c1ccc(Cl)cc1)C[C@@H](c1ccc(Cl)cc1)N2. The number of amides is 2. The Bertz CT molecular complexity index is 1280. The molecule has 2 aliphatic heterocycles. The number of nitrogens with one attached hydrogen (secondary N) is 1. The third-order valence-electron chi connectivity index (χ3n) is 6.91. The van der Waals surface area contributed by atoms with E-state index >= 15 is 0 Å². The number of benzene rings is 2. The molecule has 3 heterocycles. The molecule has 7 nitrogen and oxygen atoms in total. The lowest BCUT2D eigenvalue weighted by Crippen LogP contribution is -2.32. The van der Waals surface area contributed by atoms with E-state index < -0.39 is 0 Å². The highest BCUT2D eigenvalue weighted by molar-refractivity contribution is 6.30. The van der Waals surface area contributed by atoms with E-state index in [1.54, 1.807) is 4.68 Å². The molecule has 0 saturated carbocycles. The van der Waals surface area contributed by atoms with Crippen LogP contribution in [0.2, 0.25) is 10.0 Å². The Hall–Kier alpha value is -3.16. The summed E-state index contributed by atoms with van der Waals surface area (Å²) in [5.74, 6) is -0.476. The molecular weight excluding hydrogens is 473 g/mol. The second-order valence-electron chi connectivity index (χ2n) is 8.90. The van der Waals surface area contributed by atoms with Gasteiger partial charge in [0.1, 0.15) is 0 Å². The lowest BCUT2D eigenvalue weighted by atomic mass is 9.85. The number of carbonyl (C=O) groups is 2. The van der Waals surface area contributed by atoms with Gasteiger partial charge in [-0.2, -0.15) is 4.98 Å². The number of rotatable bonds is 3. The molecule has 2 aromatic carbocycles. The highest BCUT2D eigenvalue weighted by Gasteiger charge is 2.49. The van der Waals surface area contributed by atoms with Gasteiger partial charge in [0.15, 0.2) is 0 Å². The summed E-state index contributed by atoms with van der Waals surface area (Å²) in [6.45, 7) is 0. The number of carbonyl (C=O) groups excluding carboxylic acids is 2. The highest BCUT2D eigenvalue weighted by Crippen LogP contribution is 2.41. The number of fused-ring (bicyclic) bond motifs is 2. The van der Waals surface area contributed by atoms with Gasteiger partial charge in [-0.1, -0.05) is 59.6 Å². The molecule has 1 saturated heterocycles. The van der Waals surface area contributed by atoms with Crippen molar-refractivity contribution in [3.05, 3.63) is 81.9 Å². The van der Waals surface area contributed by atoms with Crippen LogP contribution >= 0.6 is 23.2 Å². The van der Waals surface area contributed by atoms with Crippen molar-refractivity contribution >= 4 is 46.9 Å². The molecule has 0 bridgehead atoms. The van der Waals surface area contributed by atoms with Crippen LogP contribution in [0.15, 0.2) is 60.7 Å². The molecule has 172 valence electrons. The van der Waals surface area contributed by atoms with E-state index in [2.05, 4.69) is 15.4 Å². The van der Waals surface area contributed by atoms with E-state index in [0.29, 0.717) is 35.3 Å². The van der Waals surface area contributed by atoms with Crippen LogP contribution in [0.4, 0.5) is 11.9 Å². The number of anilines is 2. The molecule has 1 aromatic heterocycles. The lowest BCUT2D eigenvalue weighted by molar-refractivity contribution is -0.122. The fraction of sp³-hybridized carbons (Fsp3) is 0.280. The molecule has 1 fully saturated rings. The van der Waals surface area contributed by atoms with Crippen molar-refractivity contribution in [1.82, 2.24) is 14.8 Å². The van der Waals surface area contributed by atoms with Crippen LogP contribution in [0.25, 0.3) is 0 Å². The standard InChI is InChI=1S/C25H21Cl2N5O2/c26-16-9-5-14(6-10-16)20-13-21(15-7-11-17(27)12-8-15)32-24(28-20)29-25(30-32)31-22(33)18-3-1-2-4-19(18)23(31)34/h1-2,5-12,18-21H,3-4,13H2,(H,28,29,30)/t18-,19-,20-,21-/m0/s1. The smallest absolute Gasteiger partial charge is 0.260 e. The van der Waals surface area contributed by atoms with Crippen molar-refractivity contribution in [3.8, 4) is 0 Å². The summed E-state index contributed by atoms with van der Waals surface area (Å²) in [5.41, 5.74) is 2.07. The fourth-order valence-electron chi connectivity index (χ4n) is 5.13. The van der Waals surface area contributed by atoms with E-state index in [0.717, 1.165) is 11.1 Å². The van der Waals surface area contributed by atoms with Gasteiger partial charge in [0.2, 0.25) is 17.8 Å². The quantitative estimate of drug-likeness (QED) is 0.401. The molecular formula is C25H21Cl2N5O2. The van der Waals surface area contributed by atoms with Crippen molar-refractivity contribution < 1.29 is 9.59 Å². The molecule has 0 spiro atoms. The Morgan fingerprint density at radius 3 is 1.97 bits per heavy atom. The molecule has 34 heavy (non-hydrogen) atoms. The first-order valence-corrected chi connectivity index (χ1v) is 12.0. The third kappa shape index (κ3) is 3.51. The zero-order valence-corrected chi connectivity index (χ0v) is 19.6. The summed E-state index contributed by atoms with van der Waals surface area (Å²) in [6.07, 6.45) is 5.77. The number of hydrogen-bond acceptors (Lipinski definition) is 5. The number of allylic oxidation sites excluding steroid dienone is 2. The van der Waals surface area contributed by atoms with E-state index in [1.165, 1.54) is 4.90 Å². The van der Waals surface area contributed by atoms with Gasteiger partial charge in [-0.15, -0.1) is 5.10 Å². The van der Waals surface area contributed by atoms with Crippen molar-refractivity contribution in [3.63, 3.8) is 0 Å². The second-order valence-corrected chi connectivity index (χ2v) is 9.77. The largest absolute Gasteiger partial charge is 0.347 e. The second kappa shape index (κ2) is 8.25. The van der Waals surface area contributed by atoms with E-state index in [9.17, 15) is 9.59 Å². The zero-order valence-electron chi connectivity index (χ0n) is 18.1. The maximum atomic E-state index is 13.1. The van der Waals surface area contributed by atoms with E-state index in [4.69, 9.17) is 23.2 Å². The number of nitrogens with zero attached hydrogens (tertiary/aromatic N) is 4. The Morgan fingerprint density at radius 2 is 1.38 bits per heavy atom. The average molecular weight is 494 g/mol. The molecule has 6 rings (SSSR count). The third-order valence-corrected chi connectivity index (χ3v) is 7.42. The van der Waals surface area contributed by atoms with Gasteiger partial charge < -0.3 is 5.32 Å². The molecule has 9 heteroatoms. The Morgan fingerprint density at radius 1 is 0.824 bits per heavy atom. The van der Waals surface area contributed by atoms with E-state index in [-0.39, 0.29) is 41.7 Å². The molecule has 1 N–H and O–H groups in total. The van der Waals surface area contributed by atoms with Crippen LogP contribution in [-0.2, 0) is 9.59 Å². The minimum absolute atomic E-state index is 0.0562. The number of aromatic nitrogens is 3. The molecule has 1 aliphatic carbocycles. The summed E-state index contributed by atoms with van der Waals surface area (Å²) in [5, 5.41) is 9.42. The van der Waals surface area contributed by atoms with Crippen LogP contribution < -0.4 is 10.2 Å². The van der Waals surface area contributed by atoms with Gasteiger partial charge in [0.05, 0.1) is 23.9 Å². The van der Waals surface area contributed by atoms with Crippen molar-refractivity contribution in [2.45, 2.75) is 31.3 Å². The highest BCUT2D eigenvalue weighted by atomic mass is 35.5. The minimum Gasteiger partial charge on any atom is -0.347 e. The zero-order chi connectivity index (χ0) is 23.4. The van der Waals surface area contributed by atoms with Gasteiger partial charge in [0, 0.05) is 10.0 Å². The molecule has 0 unspecified atom stereocenters. The van der Waals surface area contributed by atoms with Crippen LogP contribution in [-0.4, -0.2) is 26.6 Å². The minimum atomic E-state index is -0.333. The summed E-state index contributed by atoms with van der Waals surface area (Å²) < 4.78 is 1.77. The van der Waals surface area contributed by atoms with Gasteiger partial charge >= 0.3 is 0 Å². The van der Waals surface area contributed by atoms with Crippen LogP contribution in [0.1, 0.15) is 42.5 Å². The predicted molar refractivity (Wildman–Crippen MR) is 130 cm³/mol.